The van der Waals surface area contributed by atoms with Crippen LogP contribution in [0.3, 0.4) is 0 Å². The minimum atomic E-state index is 0.198. The molecule has 0 saturated carbocycles. The second-order valence-electron chi connectivity index (χ2n) is 9.59. The molecule has 0 radical (unpaired) electrons. The molecular weight excluding hydrogens is 504 g/mol. The molecule has 0 aliphatic heterocycles. The van der Waals surface area contributed by atoms with Crippen molar-refractivity contribution in [2.45, 2.75) is 83.5 Å². The maximum atomic E-state index is 9.77. The van der Waals surface area contributed by atoms with Crippen LogP contribution in [-0.2, 0) is 30.1 Å². The molecule has 2 N–H and O–H groups in total. The van der Waals surface area contributed by atoms with E-state index in [1.165, 1.54) is 57.1 Å². The van der Waals surface area contributed by atoms with Crippen LogP contribution in [0, 0.1) is 0 Å². The Hall–Kier alpha value is -1.03. The second-order valence-corrected chi connectivity index (χ2v) is 10.0. The monoisotopic (exact) mass is 558 g/mol. The Balaban J connectivity index is 1.67. The fraction of sp³-hybridized carbons (Fsp3) is 0.800. The minimum Gasteiger partial charge on any atom is -0.508 e. The fourth-order valence-corrected chi connectivity index (χ4v) is 4.23. The lowest BCUT2D eigenvalue weighted by Crippen LogP contribution is -2.13. The van der Waals surface area contributed by atoms with Crippen molar-refractivity contribution in [2.75, 3.05) is 71.8 Å². The summed E-state index contributed by atoms with van der Waals surface area (Å²) in [6, 6.07) is 4.67. The van der Waals surface area contributed by atoms with E-state index >= 15 is 0 Å². The Bertz CT molecular complexity index is 633. The SMILES string of the molecule is Oc1ccc(O)c(CCCCCCOCCOCCOCCOCCOCCCCCCCCCCS)c1. The fourth-order valence-electron chi connectivity index (χ4n) is 4.00. The van der Waals surface area contributed by atoms with Crippen molar-refractivity contribution >= 4 is 12.6 Å². The van der Waals surface area contributed by atoms with Gasteiger partial charge in [0.15, 0.2) is 0 Å². The lowest BCUT2D eigenvalue weighted by molar-refractivity contribution is -0.0114. The number of ether oxygens (including phenoxy) is 5. The van der Waals surface area contributed by atoms with Gasteiger partial charge in [-0.1, -0.05) is 51.4 Å². The lowest BCUT2D eigenvalue weighted by Gasteiger charge is -2.08. The second kappa shape index (κ2) is 27.5. The van der Waals surface area contributed by atoms with Crippen molar-refractivity contribution < 1.29 is 33.9 Å². The first-order valence-corrected chi connectivity index (χ1v) is 15.4. The minimum absolute atomic E-state index is 0.198. The van der Waals surface area contributed by atoms with Crippen LogP contribution in [0.5, 0.6) is 11.5 Å². The van der Waals surface area contributed by atoms with Crippen LogP contribution in [0.2, 0.25) is 0 Å². The van der Waals surface area contributed by atoms with Crippen molar-refractivity contribution in [3.05, 3.63) is 23.8 Å². The van der Waals surface area contributed by atoms with Gasteiger partial charge in [-0.15, -0.1) is 0 Å². The molecular formula is C30H54O7S. The Morgan fingerprint density at radius 3 is 1.34 bits per heavy atom. The maximum Gasteiger partial charge on any atom is 0.119 e. The van der Waals surface area contributed by atoms with Crippen molar-refractivity contribution in [1.29, 1.82) is 0 Å². The molecule has 1 aromatic carbocycles. The number of aryl methyl sites for hydroxylation is 1. The van der Waals surface area contributed by atoms with Crippen molar-refractivity contribution in [3.63, 3.8) is 0 Å². The van der Waals surface area contributed by atoms with Gasteiger partial charge in [0.05, 0.1) is 52.9 Å². The molecule has 1 aromatic rings. The third kappa shape index (κ3) is 22.9. The van der Waals surface area contributed by atoms with E-state index in [9.17, 15) is 10.2 Å². The number of benzene rings is 1. The third-order valence-electron chi connectivity index (χ3n) is 6.23. The van der Waals surface area contributed by atoms with Crippen LogP contribution in [0.25, 0.3) is 0 Å². The van der Waals surface area contributed by atoms with E-state index < -0.39 is 0 Å². The molecule has 0 fully saturated rings. The van der Waals surface area contributed by atoms with Gasteiger partial charge in [0, 0.05) is 13.2 Å². The van der Waals surface area contributed by atoms with Gasteiger partial charge < -0.3 is 33.9 Å². The molecule has 8 heteroatoms. The molecule has 0 aliphatic carbocycles. The number of thiol groups is 1. The van der Waals surface area contributed by atoms with Gasteiger partial charge in [-0.3, -0.25) is 0 Å². The van der Waals surface area contributed by atoms with Gasteiger partial charge in [0.1, 0.15) is 11.5 Å². The zero-order valence-corrected chi connectivity index (χ0v) is 24.5. The first kappa shape index (κ1) is 35.0. The first-order chi connectivity index (χ1) is 18.7. The summed E-state index contributed by atoms with van der Waals surface area (Å²) in [5.74, 6) is 1.47. The zero-order valence-electron chi connectivity index (χ0n) is 23.6. The molecule has 0 aromatic heterocycles. The molecule has 0 aliphatic rings. The van der Waals surface area contributed by atoms with E-state index in [0.717, 1.165) is 63.1 Å². The summed E-state index contributed by atoms with van der Waals surface area (Å²) in [6.07, 6.45) is 15.2. The van der Waals surface area contributed by atoms with Crippen molar-refractivity contribution in [2.24, 2.45) is 0 Å². The maximum absolute atomic E-state index is 9.77. The van der Waals surface area contributed by atoms with E-state index in [-0.39, 0.29) is 11.5 Å². The van der Waals surface area contributed by atoms with Crippen LogP contribution in [0.4, 0.5) is 0 Å². The number of hydrogen-bond donors (Lipinski definition) is 3. The highest BCUT2D eigenvalue weighted by Gasteiger charge is 2.02. The lowest BCUT2D eigenvalue weighted by atomic mass is 10.1. The van der Waals surface area contributed by atoms with E-state index in [1.54, 1.807) is 6.07 Å². The number of phenols is 2. The average Bonchev–Trinajstić information content (AvgIpc) is 2.92. The van der Waals surface area contributed by atoms with Crippen LogP contribution in [0.15, 0.2) is 18.2 Å². The molecule has 1 rings (SSSR count). The van der Waals surface area contributed by atoms with Crippen LogP contribution < -0.4 is 0 Å². The van der Waals surface area contributed by atoms with Gasteiger partial charge in [0.2, 0.25) is 0 Å². The van der Waals surface area contributed by atoms with Crippen molar-refractivity contribution in [1.82, 2.24) is 0 Å². The highest BCUT2D eigenvalue weighted by atomic mass is 32.1. The zero-order chi connectivity index (χ0) is 27.4. The molecule has 38 heavy (non-hydrogen) atoms. The average molecular weight is 559 g/mol. The Morgan fingerprint density at radius 2 is 0.868 bits per heavy atom. The molecule has 0 bridgehead atoms. The van der Waals surface area contributed by atoms with Crippen LogP contribution >= 0.6 is 12.6 Å². The molecule has 222 valence electrons. The molecule has 0 heterocycles. The van der Waals surface area contributed by atoms with Crippen LogP contribution in [-0.4, -0.2) is 82.0 Å². The number of unbranched alkanes of at least 4 members (excludes halogenated alkanes) is 10. The highest BCUT2D eigenvalue weighted by molar-refractivity contribution is 7.80. The van der Waals surface area contributed by atoms with Gasteiger partial charge in [-0.05, 0) is 61.6 Å². The summed E-state index contributed by atoms with van der Waals surface area (Å²) in [4.78, 5) is 0. The predicted molar refractivity (Wildman–Crippen MR) is 157 cm³/mol. The molecule has 0 unspecified atom stereocenters. The topological polar surface area (TPSA) is 86.6 Å². The predicted octanol–water partition coefficient (Wildman–Crippen LogP) is 6.33. The molecule has 0 saturated heterocycles. The standard InChI is InChI=1S/C30H54O7S/c31-29-14-15-30(32)28(27-29)13-9-5-7-11-17-34-19-21-36-23-25-37-24-22-35-20-18-33-16-10-6-3-1-2-4-8-12-26-38/h14-15,27,31-32,38H,1-13,16-26H2. The van der Waals surface area contributed by atoms with Gasteiger partial charge in [-0.2, -0.15) is 12.6 Å². The summed E-state index contributed by atoms with van der Waals surface area (Å²) in [5, 5.41) is 19.3. The summed E-state index contributed by atoms with van der Waals surface area (Å²) in [6.45, 7) is 6.26. The number of aromatic hydroxyl groups is 2. The summed E-state index contributed by atoms with van der Waals surface area (Å²) in [7, 11) is 0. The largest absolute Gasteiger partial charge is 0.508 e. The normalized spacial score (nSPS) is 11.4. The Labute approximate surface area is 237 Å². The summed E-state index contributed by atoms with van der Waals surface area (Å²) in [5.41, 5.74) is 0.804. The Kier molecular flexibility index (Phi) is 25.4. The number of phenolic OH excluding ortho intramolecular Hbond substituents is 2. The van der Waals surface area contributed by atoms with E-state index in [0.29, 0.717) is 52.9 Å². The van der Waals surface area contributed by atoms with E-state index in [4.69, 9.17) is 23.7 Å². The Morgan fingerprint density at radius 1 is 0.474 bits per heavy atom. The van der Waals surface area contributed by atoms with Gasteiger partial charge >= 0.3 is 0 Å². The smallest absolute Gasteiger partial charge is 0.119 e. The summed E-state index contributed by atoms with van der Waals surface area (Å²) < 4.78 is 27.8. The van der Waals surface area contributed by atoms with Crippen molar-refractivity contribution in [3.8, 4) is 11.5 Å². The first-order valence-electron chi connectivity index (χ1n) is 14.7. The molecule has 0 amide bonds. The molecule has 0 spiro atoms. The molecule has 7 nitrogen and oxygen atoms in total. The summed E-state index contributed by atoms with van der Waals surface area (Å²) >= 11 is 4.24. The van der Waals surface area contributed by atoms with Crippen LogP contribution in [0.1, 0.15) is 82.6 Å². The number of rotatable bonds is 29. The van der Waals surface area contributed by atoms with E-state index in [1.807, 2.05) is 0 Å². The van der Waals surface area contributed by atoms with Gasteiger partial charge in [-0.25, -0.2) is 0 Å². The van der Waals surface area contributed by atoms with E-state index in [2.05, 4.69) is 12.6 Å². The van der Waals surface area contributed by atoms with Gasteiger partial charge in [0.25, 0.3) is 0 Å². The molecule has 0 atom stereocenters. The quantitative estimate of drug-likeness (QED) is 0.0601. The highest BCUT2D eigenvalue weighted by Crippen LogP contribution is 2.23. The third-order valence-corrected chi connectivity index (χ3v) is 6.55. The number of hydrogen-bond acceptors (Lipinski definition) is 8.